The van der Waals surface area contributed by atoms with Crippen molar-refractivity contribution in [1.82, 2.24) is 5.32 Å². The van der Waals surface area contributed by atoms with E-state index in [0.29, 0.717) is 10.6 Å². The number of aliphatic imine (C=N–C) groups is 1. The number of allylic oxidation sites excluding steroid dienone is 3. The summed E-state index contributed by atoms with van der Waals surface area (Å²) in [6, 6.07) is 0. The maximum Gasteiger partial charge on any atom is 0.484 e. The van der Waals surface area contributed by atoms with Gasteiger partial charge < -0.3 is 15.4 Å². The van der Waals surface area contributed by atoms with Gasteiger partial charge >= 0.3 is 7.12 Å². The van der Waals surface area contributed by atoms with Crippen LogP contribution in [0, 0.1) is 5.92 Å². The Labute approximate surface area is 104 Å². The van der Waals surface area contributed by atoms with Gasteiger partial charge in [0.25, 0.3) is 0 Å². The first kappa shape index (κ1) is 12.4. The molecule has 3 N–H and O–H groups in total. The lowest BCUT2D eigenvalue weighted by atomic mass is 9.69. The molecule has 0 spiro atoms. The Kier molecular flexibility index (Phi) is 3.41. The van der Waals surface area contributed by atoms with Crippen LogP contribution in [-0.4, -0.2) is 33.5 Å². The van der Waals surface area contributed by atoms with Crippen LogP contribution in [0.1, 0.15) is 13.8 Å². The van der Waals surface area contributed by atoms with Gasteiger partial charge in [0, 0.05) is 6.92 Å². The van der Waals surface area contributed by atoms with E-state index in [9.17, 15) is 14.8 Å². The number of fused-ring (bicyclic) bond motifs is 1. The van der Waals surface area contributed by atoms with Crippen LogP contribution in [-0.2, 0) is 4.79 Å². The predicted octanol–water partition coefficient (Wildman–Crippen LogP) is 0.0659. The van der Waals surface area contributed by atoms with Gasteiger partial charge in [-0.1, -0.05) is 24.8 Å². The Morgan fingerprint density at radius 3 is 2.82 bits per heavy atom. The molecule has 2 rings (SSSR count). The molecule has 17 heavy (non-hydrogen) atoms. The van der Waals surface area contributed by atoms with Crippen LogP contribution in [0.15, 0.2) is 28.3 Å². The van der Waals surface area contributed by atoms with Crippen LogP contribution in [0.5, 0.6) is 0 Å². The van der Waals surface area contributed by atoms with Crippen LogP contribution in [0.25, 0.3) is 0 Å². The van der Waals surface area contributed by atoms with Crippen LogP contribution in [0.3, 0.4) is 0 Å². The quantitative estimate of drug-likeness (QED) is 0.576. The third-order valence-corrected chi connectivity index (χ3v) is 4.09. The average Bonchev–Trinajstić information content (AvgIpc) is 2.60. The lowest BCUT2D eigenvalue weighted by Crippen LogP contribution is -2.30. The van der Waals surface area contributed by atoms with Crippen molar-refractivity contribution < 1.29 is 14.8 Å². The van der Waals surface area contributed by atoms with Gasteiger partial charge in [-0.15, -0.1) is 0 Å². The predicted molar refractivity (Wildman–Crippen MR) is 68.2 cm³/mol. The van der Waals surface area contributed by atoms with Gasteiger partial charge in [-0.3, -0.25) is 4.79 Å². The molecule has 0 radical (unpaired) electrons. The first-order chi connectivity index (χ1) is 7.99. The summed E-state index contributed by atoms with van der Waals surface area (Å²) in [5, 5.41) is 21.7. The molecule has 2 aliphatic rings. The molecule has 0 fully saturated rings. The molecular formula is C10H13BN2O3S. The number of amides is 1. The van der Waals surface area contributed by atoms with Gasteiger partial charge in [0.1, 0.15) is 0 Å². The number of thioether (sulfide) groups is 1. The highest BCUT2D eigenvalue weighted by molar-refractivity contribution is 8.14. The zero-order valence-electron chi connectivity index (χ0n) is 9.54. The Morgan fingerprint density at radius 1 is 1.53 bits per heavy atom. The number of carbonyl (C=O) groups excluding carboxylic acids is 1. The minimum absolute atomic E-state index is 0.0185. The van der Waals surface area contributed by atoms with Gasteiger partial charge in [-0.25, -0.2) is 4.99 Å². The van der Waals surface area contributed by atoms with E-state index in [1.165, 1.54) is 18.7 Å². The van der Waals surface area contributed by atoms with Crippen LogP contribution in [0.2, 0.25) is 0 Å². The van der Waals surface area contributed by atoms with Crippen molar-refractivity contribution in [3.63, 3.8) is 0 Å². The molecule has 0 aromatic heterocycles. The number of hydrogen-bond donors (Lipinski definition) is 3. The monoisotopic (exact) mass is 252 g/mol. The summed E-state index contributed by atoms with van der Waals surface area (Å²) in [6.45, 7) is 3.35. The minimum atomic E-state index is -1.44. The number of nitrogens with zero attached hydrogens (tertiary/aromatic N) is 1. The smallest absolute Gasteiger partial charge is 0.423 e. The molecule has 5 nitrogen and oxygen atoms in total. The van der Waals surface area contributed by atoms with Crippen molar-refractivity contribution in [1.29, 1.82) is 0 Å². The SMILES string of the molecule is CC(=O)NC1=NC2=CC=C(B(O)O)C(C)C2S1. The number of amidine groups is 1. The van der Waals surface area contributed by atoms with Crippen LogP contribution < -0.4 is 5.32 Å². The average molecular weight is 252 g/mol. The van der Waals surface area contributed by atoms with Crippen molar-refractivity contribution in [3.05, 3.63) is 23.3 Å². The molecule has 2 unspecified atom stereocenters. The molecule has 0 saturated heterocycles. The molecule has 7 heteroatoms. The normalized spacial score (nSPS) is 26.7. The third-order valence-electron chi connectivity index (χ3n) is 2.77. The molecule has 1 heterocycles. The Balaban J connectivity index is 2.19. The fourth-order valence-corrected chi connectivity index (χ4v) is 3.13. The fraction of sp³-hybridized carbons (Fsp3) is 0.400. The molecule has 0 aromatic carbocycles. The summed E-state index contributed by atoms with van der Waals surface area (Å²) in [4.78, 5) is 15.2. The van der Waals surface area contributed by atoms with Gasteiger partial charge in [0.15, 0.2) is 5.17 Å². The number of rotatable bonds is 1. The summed E-state index contributed by atoms with van der Waals surface area (Å²) in [5.74, 6) is -0.173. The molecule has 0 saturated carbocycles. The lowest BCUT2D eigenvalue weighted by Gasteiger charge is -2.24. The molecule has 0 aromatic rings. The highest BCUT2D eigenvalue weighted by Crippen LogP contribution is 2.40. The fourth-order valence-electron chi connectivity index (χ4n) is 1.92. The molecule has 1 aliphatic carbocycles. The summed E-state index contributed by atoms with van der Waals surface area (Å²) in [5.41, 5.74) is 1.43. The highest BCUT2D eigenvalue weighted by atomic mass is 32.2. The minimum Gasteiger partial charge on any atom is -0.423 e. The maximum atomic E-state index is 10.9. The molecule has 1 amide bonds. The molecule has 90 valence electrons. The zero-order valence-corrected chi connectivity index (χ0v) is 10.4. The standard InChI is InChI=1S/C10H13BN2O3S/c1-5-7(11(15)16)3-4-8-9(5)17-10(13-8)12-6(2)14/h3-5,9,15-16H,1-2H3,(H,12,13,14). The maximum absolute atomic E-state index is 10.9. The molecule has 0 bridgehead atoms. The van der Waals surface area contributed by atoms with Crippen LogP contribution in [0.4, 0.5) is 0 Å². The van der Waals surface area contributed by atoms with E-state index in [1.807, 2.05) is 6.92 Å². The second kappa shape index (κ2) is 4.68. The Bertz CT molecular complexity index is 445. The highest BCUT2D eigenvalue weighted by Gasteiger charge is 2.37. The van der Waals surface area contributed by atoms with Crippen molar-refractivity contribution in [2.24, 2.45) is 10.9 Å². The lowest BCUT2D eigenvalue weighted by molar-refractivity contribution is -0.117. The van der Waals surface area contributed by atoms with Crippen molar-refractivity contribution in [2.75, 3.05) is 0 Å². The first-order valence-electron chi connectivity index (χ1n) is 5.29. The molecular weight excluding hydrogens is 239 g/mol. The van der Waals surface area contributed by atoms with E-state index < -0.39 is 7.12 Å². The van der Waals surface area contributed by atoms with E-state index in [4.69, 9.17) is 0 Å². The second-order valence-corrected chi connectivity index (χ2v) is 5.19. The van der Waals surface area contributed by atoms with Crippen molar-refractivity contribution in [2.45, 2.75) is 19.1 Å². The summed E-state index contributed by atoms with van der Waals surface area (Å²) in [7, 11) is -1.44. The topological polar surface area (TPSA) is 81.9 Å². The third kappa shape index (κ3) is 2.46. The van der Waals surface area contributed by atoms with E-state index in [1.54, 1.807) is 12.2 Å². The summed E-state index contributed by atoms with van der Waals surface area (Å²) >= 11 is 1.44. The number of nitrogens with one attached hydrogen (secondary N) is 1. The van der Waals surface area contributed by atoms with Gasteiger partial charge in [0.2, 0.25) is 5.91 Å². The molecule has 2 atom stereocenters. The van der Waals surface area contributed by atoms with E-state index >= 15 is 0 Å². The summed E-state index contributed by atoms with van der Waals surface area (Å²) < 4.78 is 0. The second-order valence-electron chi connectivity index (χ2n) is 4.06. The van der Waals surface area contributed by atoms with E-state index in [2.05, 4.69) is 10.3 Å². The van der Waals surface area contributed by atoms with Gasteiger partial charge in [-0.05, 0) is 17.5 Å². The van der Waals surface area contributed by atoms with Gasteiger partial charge in [0.05, 0.1) is 10.9 Å². The largest absolute Gasteiger partial charge is 0.484 e. The number of hydrogen-bond acceptors (Lipinski definition) is 5. The first-order valence-corrected chi connectivity index (χ1v) is 6.17. The zero-order chi connectivity index (χ0) is 12.6. The van der Waals surface area contributed by atoms with Crippen molar-refractivity contribution in [3.8, 4) is 0 Å². The summed E-state index contributed by atoms with van der Waals surface area (Å²) in [6.07, 6.45) is 3.45. The van der Waals surface area contributed by atoms with Crippen LogP contribution >= 0.6 is 11.8 Å². The van der Waals surface area contributed by atoms with E-state index in [0.717, 1.165) is 5.70 Å². The Hall–Kier alpha value is -1.05. The molecule has 1 aliphatic heterocycles. The van der Waals surface area contributed by atoms with E-state index in [-0.39, 0.29) is 17.1 Å². The van der Waals surface area contributed by atoms with Crippen molar-refractivity contribution >= 4 is 30.0 Å². The van der Waals surface area contributed by atoms with Gasteiger partial charge in [-0.2, -0.15) is 0 Å². The number of carbonyl (C=O) groups is 1. The Morgan fingerprint density at radius 2 is 2.24 bits per heavy atom.